The van der Waals surface area contributed by atoms with E-state index in [4.69, 9.17) is 14.2 Å². The van der Waals surface area contributed by atoms with Gasteiger partial charge >= 0.3 is 0 Å². The number of benzene rings is 2. The van der Waals surface area contributed by atoms with Gasteiger partial charge in [0, 0.05) is 0 Å². The van der Waals surface area contributed by atoms with E-state index in [1.807, 2.05) is 30.3 Å². The molecule has 0 aliphatic heterocycles. The molecule has 2 aromatic rings. The molecule has 0 radical (unpaired) electrons. The average molecular weight is 284 g/mol. The maximum absolute atomic E-state index is 5.29. The average Bonchev–Trinajstić information content (AvgIpc) is 2.55. The van der Waals surface area contributed by atoms with Crippen molar-refractivity contribution in [3.05, 3.63) is 59.7 Å². The Morgan fingerprint density at radius 2 is 1.52 bits per heavy atom. The third-order valence-corrected chi connectivity index (χ3v) is 3.23. The third-order valence-electron chi connectivity index (χ3n) is 3.23. The molecule has 3 heteroatoms. The number of allylic oxidation sites excluding steroid dienone is 1. The van der Waals surface area contributed by atoms with E-state index in [0.29, 0.717) is 0 Å². The number of hydrogen-bond donors (Lipinski definition) is 0. The minimum Gasteiger partial charge on any atom is -0.497 e. The number of rotatable bonds is 6. The van der Waals surface area contributed by atoms with Crippen molar-refractivity contribution < 1.29 is 14.2 Å². The molecule has 0 saturated carbocycles. The lowest BCUT2D eigenvalue weighted by atomic mass is 10.1. The Balaban J connectivity index is 2.03. The monoisotopic (exact) mass is 284 g/mol. The molecule has 110 valence electrons. The van der Waals surface area contributed by atoms with E-state index in [0.717, 1.165) is 29.2 Å². The maximum Gasteiger partial charge on any atom is 0.161 e. The minimum atomic E-state index is 0.740. The van der Waals surface area contributed by atoms with Crippen molar-refractivity contribution in [2.24, 2.45) is 0 Å². The van der Waals surface area contributed by atoms with Crippen molar-refractivity contribution in [2.75, 3.05) is 21.3 Å². The lowest BCUT2D eigenvalue weighted by Crippen LogP contribution is -1.90. The smallest absolute Gasteiger partial charge is 0.161 e. The summed E-state index contributed by atoms with van der Waals surface area (Å²) in [7, 11) is 4.95. The van der Waals surface area contributed by atoms with Crippen molar-refractivity contribution >= 4 is 6.08 Å². The van der Waals surface area contributed by atoms with E-state index in [2.05, 4.69) is 24.3 Å². The van der Waals surface area contributed by atoms with Crippen LogP contribution in [0, 0.1) is 0 Å². The molecule has 0 aromatic heterocycles. The Kier molecular flexibility index (Phi) is 5.27. The molecule has 0 atom stereocenters. The molecule has 2 rings (SSSR count). The molecule has 0 heterocycles. The fourth-order valence-electron chi connectivity index (χ4n) is 2.05. The van der Waals surface area contributed by atoms with Gasteiger partial charge in [0.15, 0.2) is 11.5 Å². The van der Waals surface area contributed by atoms with Gasteiger partial charge in [-0.1, -0.05) is 30.4 Å². The van der Waals surface area contributed by atoms with E-state index in [1.54, 1.807) is 21.3 Å². The highest BCUT2D eigenvalue weighted by Gasteiger charge is 2.02. The molecule has 0 saturated heterocycles. The minimum absolute atomic E-state index is 0.740. The molecule has 3 nitrogen and oxygen atoms in total. The summed E-state index contributed by atoms with van der Waals surface area (Å²) in [6.07, 6.45) is 5.08. The van der Waals surface area contributed by atoms with Gasteiger partial charge in [-0.25, -0.2) is 0 Å². The van der Waals surface area contributed by atoms with Crippen molar-refractivity contribution in [3.8, 4) is 17.2 Å². The molecular formula is C18H20O3. The summed E-state index contributed by atoms with van der Waals surface area (Å²) in [6, 6.07) is 14.0. The normalized spacial score (nSPS) is 10.6. The van der Waals surface area contributed by atoms with Gasteiger partial charge in [0.25, 0.3) is 0 Å². The molecule has 0 bridgehead atoms. The molecule has 0 amide bonds. The van der Waals surface area contributed by atoms with Gasteiger partial charge < -0.3 is 14.2 Å². The van der Waals surface area contributed by atoms with E-state index < -0.39 is 0 Å². The Hall–Kier alpha value is -2.42. The third kappa shape index (κ3) is 4.02. The van der Waals surface area contributed by atoms with Gasteiger partial charge in [-0.05, 0) is 41.8 Å². The summed E-state index contributed by atoms with van der Waals surface area (Å²) in [4.78, 5) is 0. The Bertz CT molecular complexity index is 600. The molecule has 0 spiro atoms. The van der Waals surface area contributed by atoms with Crippen LogP contribution in [-0.4, -0.2) is 21.3 Å². The summed E-state index contributed by atoms with van der Waals surface area (Å²) in [5.41, 5.74) is 2.33. The van der Waals surface area contributed by atoms with E-state index >= 15 is 0 Å². The first-order chi connectivity index (χ1) is 10.3. The lowest BCUT2D eigenvalue weighted by Gasteiger charge is -2.07. The van der Waals surface area contributed by atoms with Gasteiger partial charge in [0.2, 0.25) is 0 Å². The van der Waals surface area contributed by atoms with Crippen LogP contribution < -0.4 is 14.2 Å². The molecule has 0 aliphatic rings. The van der Waals surface area contributed by atoms with Crippen LogP contribution in [-0.2, 0) is 6.42 Å². The summed E-state index contributed by atoms with van der Waals surface area (Å²) in [5, 5.41) is 0. The zero-order valence-electron chi connectivity index (χ0n) is 12.6. The van der Waals surface area contributed by atoms with Crippen LogP contribution in [0.3, 0.4) is 0 Å². The second-order valence-corrected chi connectivity index (χ2v) is 4.57. The second kappa shape index (κ2) is 7.39. The Morgan fingerprint density at radius 1 is 0.810 bits per heavy atom. The predicted molar refractivity (Wildman–Crippen MR) is 85.3 cm³/mol. The van der Waals surface area contributed by atoms with Gasteiger partial charge in [0.05, 0.1) is 21.3 Å². The second-order valence-electron chi connectivity index (χ2n) is 4.57. The predicted octanol–water partition coefficient (Wildman–Crippen LogP) is 3.97. The van der Waals surface area contributed by atoms with Crippen LogP contribution >= 0.6 is 0 Å². The molecule has 0 N–H and O–H groups in total. The zero-order valence-corrected chi connectivity index (χ0v) is 12.6. The summed E-state index contributed by atoms with van der Waals surface area (Å²) in [5.74, 6) is 2.36. The summed E-state index contributed by atoms with van der Waals surface area (Å²) >= 11 is 0. The van der Waals surface area contributed by atoms with Crippen molar-refractivity contribution in [1.82, 2.24) is 0 Å². The van der Waals surface area contributed by atoms with Crippen molar-refractivity contribution in [3.63, 3.8) is 0 Å². The first-order valence-electron chi connectivity index (χ1n) is 6.78. The van der Waals surface area contributed by atoms with E-state index in [-0.39, 0.29) is 0 Å². The molecule has 0 fully saturated rings. The van der Waals surface area contributed by atoms with Crippen LogP contribution in [0.5, 0.6) is 17.2 Å². The highest BCUT2D eigenvalue weighted by molar-refractivity contribution is 5.56. The van der Waals surface area contributed by atoms with Crippen LogP contribution in [0.15, 0.2) is 48.5 Å². The fraction of sp³-hybridized carbons (Fsp3) is 0.222. The number of ether oxygens (including phenoxy) is 3. The maximum atomic E-state index is 5.29. The first kappa shape index (κ1) is 15.0. The van der Waals surface area contributed by atoms with Gasteiger partial charge in [-0.2, -0.15) is 0 Å². The van der Waals surface area contributed by atoms with Gasteiger partial charge in [-0.15, -0.1) is 0 Å². The van der Waals surface area contributed by atoms with Crippen LogP contribution in [0.1, 0.15) is 11.1 Å². The lowest BCUT2D eigenvalue weighted by molar-refractivity contribution is 0.355. The van der Waals surface area contributed by atoms with E-state index in [9.17, 15) is 0 Å². The SMILES string of the molecule is COc1ccc(C/C=C/c2ccc(OC)c(OC)c2)cc1. The quantitative estimate of drug-likeness (QED) is 0.803. The molecular weight excluding hydrogens is 264 g/mol. The highest BCUT2D eigenvalue weighted by atomic mass is 16.5. The Morgan fingerprint density at radius 3 is 2.14 bits per heavy atom. The molecule has 0 unspecified atom stereocenters. The van der Waals surface area contributed by atoms with Crippen LogP contribution in [0.2, 0.25) is 0 Å². The van der Waals surface area contributed by atoms with Crippen LogP contribution in [0.25, 0.3) is 6.08 Å². The van der Waals surface area contributed by atoms with Crippen molar-refractivity contribution in [2.45, 2.75) is 6.42 Å². The zero-order chi connectivity index (χ0) is 15.1. The summed E-state index contributed by atoms with van der Waals surface area (Å²) < 4.78 is 15.7. The Labute approximate surface area is 125 Å². The van der Waals surface area contributed by atoms with Crippen molar-refractivity contribution in [1.29, 1.82) is 0 Å². The van der Waals surface area contributed by atoms with E-state index in [1.165, 1.54) is 5.56 Å². The largest absolute Gasteiger partial charge is 0.497 e. The standard InChI is InChI=1S/C18H20O3/c1-19-16-10-7-14(8-11-16)5-4-6-15-9-12-17(20-2)18(13-15)21-3/h4,6-13H,5H2,1-3H3/b6-4+. The van der Waals surface area contributed by atoms with Gasteiger partial charge in [0.1, 0.15) is 5.75 Å². The number of methoxy groups -OCH3 is 3. The first-order valence-corrected chi connectivity index (χ1v) is 6.78. The fourth-order valence-corrected chi connectivity index (χ4v) is 2.05. The topological polar surface area (TPSA) is 27.7 Å². The highest BCUT2D eigenvalue weighted by Crippen LogP contribution is 2.28. The summed E-state index contributed by atoms with van der Waals surface area (Å²) in [6.45, 7) is 0. The molecule has 0 aliphatic carbocycles. The molecule has 21 heavy (non-hydrogen) atoms. The number of hydrogen-bond acceptors (Lipinski definition) is 3. The van der Waals surface area contributed by atoms with Crippen LogP contribution in [0.4, 0.5) is 0 Å². The van der Waals surface area contributed by atoms with Gasteiger partial charge in [-0.3, -0.25) is 0 Å². The molecule has 2 aromatic carbocycles.